The van der Waals surface area contributed by atoms with E-state index in [4.69, 9.17) is 14.4 Å². The summed E-state index contributed by atoms with van der Waals surface area (Å²) in [5.74, 6) is 0.762. The highest BCUT2D eigenvalue weighted by Crippen LogP contribution is 2.23. The number of hydrogen-bond acceptors (Lipinski definition) is 6. The number of aliphatic carboxylic acids is 1. The van der Waals surface area contributed by atoms with E-state index in [-0.39, 0.29) is 24.9 Å². The maximum absolute atomic E-state index is 12.7. The van der Waals surface area contributed by atoms with Crippen LogP contribution >= 0.6 is 0 Å². The largest absolute Gasteiger partial charge is 0.485 e. The van der Waals surface area contributed by atoms with E-state index in [0.29, 0.717) is 49.0 Å². The quantitative estimate of drug-likeness (QED) is 0.843. The van der Waals surface area contributed by atoms with Crippen LogP contribution in [0.4, 0.5) is 0 Å². The molecule has 8 nitrogen and oxygen atoms in total. The molecule has 2 heterocycles. The topological polar surface area (TPSA) is 106 Å². The zero-order valence-electron chi connectivity index (χ0n) is 14.6. The van der Waals surface area contributed by atoms with Crippen LogP contribution in [0.3, 0.4) is 0 Å². The average molecular weight is 359 g/mol. The molecule has 138 valence electrons. The first-order valence-corrected chi connectivity index (χ1v) is 8.54. The summed E-state index contributed by atoms with van der Waals surface area (Å²) in [7, 11) is 0. The Kier molecular flexibility index (Phi) is 5.50. The monoisotopic (exact) mass is 359 g/mol. The lowest BCUT2D eigenvalue weighted by Crippen LogP contribution is -2.38. The van der Waals surface area contributed by atoms with Crippen LogP contribution in [0, 0.1) is 12.8 Å². The van der Waals surface area contributed by atoms with Gasteiger partial charge in [-0.25, -0.2) is 0 Å². The Balaban J connectivity index is 1.57. The molecule has 1 aliphatic rings. The van der Waals surface area contributed by atoms with Gasteiger partial charge in [0.05, 0.1) is 0 Å². The SMILES string of the molecule is Cc1nc(COc2cccc(C(=O)N3CCC(CC(=O)O)CC3)c2)no1. The standard InChI is InChI=1S/C18H21N3O5/c1-12-19-16(20-26-12)11-25-15-4-2-3-14(10-15)18(24)21-7-5-13(6-8-21)9-17(22)23/h2-4,10,13H,5-9,11H2,1H3,(H,22,23). The second kappa shape index (κ2) is 7.99. The Hall–Kier alpha value is -2.90. The van der Waals surface area contributed by atoms with Crippen molar-refractivity contribution in [1.29, 1.82) is 0 Å². The molecule has 0 unspecified atom stereocenters. The van der Waals surface area contributed by atoms with Crippen LogP contribution in [0.25, 0.3) is 0 Å². The van der Waals surface area contributed by atoms with Crippen molar-refractivity contribution >= 4 is 11.9 Å². The van der Waals surface area contributed by atoms with E-state index in [0.717, 1.165) is 0 Å². The molecule has 0 aliphatic carbocycles. The third kappa shape index (κ3) is 4.59. The number of amides is 1. The van der Waals surface area contributed by atoms with E-state index in [1.807, 2.05) is 0 Å². The first-order chi connectivity index (χ1) is 12.5. The number of likely N-dealkylation sites (tertiary alicyclic amines) is 1. The summed E-state index contributed by atoms with van der Waals surface area (Å²) >= 11 is 0. The van der Waals surface area contributed by atoms with Gasteiger partial charge in [-0.15, -0.1) is 0 Å². The summed E-state index contributed by atoms with van der Waals surface area (Å²) in [6, 6.07) is 6.97. The van der Waals surface area contributed by atoms with Crippen LogP contribution < -0.4 is 4.74 Å². The zero-order valence-corrected chi connectivity index (χ0v) is 14.6. The number of nitrogens with zero attached hydrogens (tertiary/aromatic N) is 3. The van der Waals surface area contributed by atoms with Gasteiger partial charge in [0.2, 0.25) is 11.7 Å². The highest BCUT2D eigenvalue weighted by atomic mass is 16.5. The Morgan fingerprint density at radius 3 is 2.77 bits per heavy atom. The van der Waals surface area contributed by atoms with Crippen molar-refractivity contribution in [2.45, 2.75) is 32.8 Å². The molecule has 3 rings (SSSR count). The molecule has 0 saturated carbocycles. The number of carbonyl (C=O) groups excluding carboxylic acids is 1. The van der Waals surface area contributed by atoms with E-state index in [1.54, 1.807) is 36.1 Å². The molecule has 0 atom stereocenters. The van der Waals surface area contributed by atoms with Crippen molar-refractivity contribution in [3.8, 4) is 5.75 Å². The highest BCUT2D eigenvalue weighted by molar-refractivity contribution is 5.94. The van der Waals surface area contributed by atoms with Crippen LogP contribution in [0.5, 0.6) is 5.75 Å². The molecule has 0 bridgehead atoms. The average Bonchev–Trinajstić information content (AvgIpc) is 3.05. The molecular weight excluding hydrogens is 338 g/mol. The molecule has 1 aromatic carbocycles. The van der Waals surface area contributed by atoms with Crippen LogP contribution in [0.1, 0.15) is 41.3 Å². The van der Waals surface area contributed by atoms with E-state index in [1.165, 1.54) is 0 Å². The van der Waals surface area contributed by atoms with Crippen LogP contribution in [-0.2, 0) is 11.4 Å². The predicted octanol–water partition coefficient (Wildman–Crippen LogP) is 2.28. The van der Waals surface area contributed by atoms with E-state index in [9.17, 15) is 9.59 Å². The first-order valence-electron chi connectivity index (χ1n) is 8.54. The normalized spacial score (nSPS) is 15.0. The number of piperidine rings is 1. The number of ether oxygens (including phenoxy) is 1. The lowest BCUT2D eigenvalue weighted by molar-refractivity contribution is -0.138. The van der Waals surface area contributed by atoms with Gasteiger partial charge in [0, 0.05) is 32.0 Å². The number of hydrogen-bond donors (Lipinski definition) is 1. The molecule has 1 aromatic heterocycles. The van der Waals surface area contributed by atoms with Gasteiger partial charge < -0.3 is 19.3 Å². The number of benzene rings is 1. The third-order valence-electron chi connectivity index (χ3n) is 4.38. The minimum atomic E-state index is -0.781. The minimum absolute atomic E-state index is 0.0698. The molecule has 1 N–H and O–H groups in total. The minimum Gasteiger partial charge on any atom is -0.485 e. The van der Waals surface area contributed by atoms with E-state index in [2.05, 4.69) is 10.1 Å². The number of carboxylic acid groups (broad SMARTS) is 1. The summed E-state index contributed by atoms with van der Waals surface area (Å²) in [4.78, 5) is 29.3. The Labute approximate surface area is 150 Å². The maximum atomic E-state index is 12.7. The number of aromatic nitrogens is 2. The Morgan fingerprint density at radius 2 is 2.12 bits per heavy atom. The summed E-state index contributed by atoms with van der Waals surface area (Å²) in [6.07, 6.45) is 1.59. The second-order valence-electron chi connectivity index (χ2n) is 6.38. The van der Waals surface area contributed by atoms with Crippen molar-refractivity contribution in [3.05, 3.63) is 41.5 Å². The molecule has 8 heteroatoms. The molecular formula is C18H21N3O5. The first kappa shape index (κ1) is 17.9. The fraction of sp³-hybridized carbons (Fsp3) is 0.444. The van der Waals surface area contributed by atoms with Crippen molar-refractivity contribution in [2.75, 3.05) is 13.1 Å². The van der Waals surface area contributed by atoms with Gasteiger partial charge in [0.15, 0.2) is 6.61 Å². The van der Waals surface area contributed by atoms with Gasteiger partial charge in [-0.3, -0.25) is 9.59 Å². The highest BCUT2D eigenvalue weighted by Gasteiger charge is 2.25. The van der Waals surface area contributed by atoms with Crippen molar-refractivity contribution in [3.63, 3.8) is 0 Å². The molecule has 0 spiro atoms. The van der Waals surface area contributed by atoms with Gasteiger partial charge >= 0.3 is 5.97 Å². The lowest BCUT2D eigenvalue weighted by Gasteiger charge is -2.31. The molecule has 26 heavy (non-hydrogen) atoms. The Bertz CT molecular complexity index is 781. The number of carboxylic acids is 1. The number of carbonyl (C=O) groups is 2. The van der Waals surface area contributed by atoms with Gasteiger partial charge in [-0.2, -0.15) is 4.98 Å². The number of rotatable bonds is 6. The predicted molar refractivity (Wildman–Crippen MR) is 90.7 cm³/mol. The van der Waals surface area contributed by atoms with Crippen LogP contribution in [-0.4, -0.2) is 45.1 Å². The molecule has 0 radical (unpaired) electrons. The van der Waals surface area contributed by atoms with Crippen molar-refractivity contribution in [1.82, 2.24) is 15.0 Å². The van der Waals surface area contributed by atoms with Crippen molar-refractivity contribution < 1.29 is 24.0 Å². The maximum Gasteiger partial charge on any atom is 0.303 e. The van der Waals surface area contributed by atoms with Crippen molar-refractivity contribution in [2.24, 2.45) is 5.92 Å². The summed E-state index contributed by atoms with van der Waals surface area (Å²) in [6.45, 7) is 3.01. The summed E-state index contributed by atoms with van der Waals surface area (Å²) < 4.78 is 10.5. The molecule has 2 aromatic rings. The van der Waals surface area contributed by atoms with E-state index < -0.39 is 5.97 Å². The Morgan fingerprint density at radius 1 is 1.35 bits per heavy atom. The van der Waals surface area contributed by atoms with Gasteiger partial charge in [-0.05, 0) is 37.0 Å². The van der Waals surface area contributed by atoms with Gasteiger partial charge in [0.1, 0.15) is 5.75 Å². The molecule has 1 saturated heterocycles. The lowest BCUT2D eigenvalue weighted by atomic mass is 9.93. The smallest absolute Gasteiger partial charge is 0.303 e. The third-order valence-corrected chi connectivity index (χ3v) is 4.38. The molecule has 1 amide bonds. The summed E-state index contributed by atoms with van der Waals surface area (Å²) in [5, 5.41) is 12.6. The molecule has 1 aliphatic heterocycles. The fourth-order valence-corrected chi connectivity index (χ4v) is 3.04. The van der Waals surface area contributed by atoms with Gasteiger partial charge in [-0.1, -0.05) is 11.2 Å². The van der Waals surface area contributed by atoms with E-state index >= 15 is 0 Å². The van der Waals surface area contributed by atoms with Crippen LogP contribution in [0.2, 0.25) is 0 Å². The zero-order chi connectivity index (χ0) is 18.5. The second-order valence-corrected chi connectivity index (χ2v) is 6.38. The van der Waals surface area contributed by atoms with Gasteiger partial charge in [0.25, 0.3) is 5.91 Å². The fourth-order valence-electron chi connectivity index (χ4n) is 3.04. The molecule has 1 fully saturated rings. The number of aryl methyl sites for hydroxylation is 1. The van der Waals surface area contributed by atoms with Crippen LogP contribution in [0.15, 0.2) is 28.8 Å². The summed E-state index contributed by atoms with van der Waals surface area (Å²) in [5.41, 5.74) is 0.545.